The highest BCUT2D eigenvalue weighted by Crippen LogP contribution is 2.28. The molecule has 166 valence electrons. The molecule has 8 nitrogen and oxygen atoms in total. The van der Waals surface area contributed by atoms with Crippen LogP contribution in [0.3, 0.4) is 0 Å². The van der Waals surface area contributed by atoms with Gasteiger partial charge in [-0.25, -0.2) is 18.2 Å². The highest BCUT2D eigenvalue weighted by atomic mass is 32.2. The first-order valence-corrected chi connectivity index (χ1v) is 11.7. The van der Waals surface area contributed by atoms with Crippen molar-refractivity contribution >= 4 is 33.2 Å². The number of hydrogen-bond acceptors (Lipinski definition) is 6. The fraction of sp³-hybridized carbons (Fsp3) is 0.217. The third kappa shape index (κ3) is 4.52. The summed E-state index contributed by atoms with van der Waals surface area (Å²) in [6.07, 6.45) is 1.75. The van der Waals surface area contributed by atoms with E-state index in [0.717, 1.165) is 5.82 Å². The third-order valence-electron chi connectivity index (χ3n) is 5.46. The summed E-state index contributed by atoms with van der Waals surface area (Å²) >= 11 is 0. The topological polar surface area (TPSA) is 103 Å². The number of piperazine rings is 1. The van der Waals surface area contributed by atoms with Gasteiger partial charge in [0.25, 0.3) is 10.0 Å². The van der Waals surface area contributed by atoms with Crippen molar-refractivity contribution in [1.29, 1.82) is 0 Å². The molecule has 4 rings (SSSR count). The second kappa shape index (κ2) is 8.88. The van der Waals surface area contributed by atoms with Gasteiger partial charge in [-0.2, -0.15) is 0 Å². The predicted molar refractivity (Wildman–Crippen MR) is 124 cm³/mol. The number of rotatable bonds is 6. The number of carboxylic acid groups (broad SMARTS) is 1. The van der Waals surface area contributed by atoms with E-state index in [1.807, 2.05) is 23.1 Å². The Bertz CT molecular complexity index is 1220. The van der Waals surface area contributed by atoms with Crippen molar-refractivity contribution in [3.8, 4) is 0 Å². The van der Waals surface area contributed by atoms with Crippen LogP contribution in [0, 0.1) is 6.92 Å². The zero-order chi connectivity index (χ0) is 22.7. The summed E-state index contributed by atoms with van der Waals surface area (Å²) < 4.78 is 28.1. The quantitative estimate of drug-likeness (QED) is 0.592. The number of pyridine rings is 1. The molecule has 0 amide bonds. The van der Waals surface area contributed by atoms with Crippen molar-refractivity contribution in [2.75, 3.05) is 40.7 Å². The lowest BCUT2D eigenvalue weighted by Gasteiger charge is -2.37. The second-order valence-corrected chi connectivity index (χ2v) is 9.22. The first-order valence-electron chi connectivity index (χ1n) is 10.2. The molecule has 0 radical (unpaired) electrons. The largest absolute Gasteiger partial charge is 0.478 e. The molecule has 1 aliphatic rings. The number of anilines is 3. The summed E-state index contributed by atoms with van der Waals surface area (Å²) in [5, 5.41) is 9.79. The summed E-state index contributed by atoms with van der Waals surface area (Å²) in [6, 6.07) is 17.0. The van der Waals surface area contributed by atoms with Crippen molar-refractivity contribution in [2.45, 2.75) is 11.8 Å². The van der Waals surface area contributed by atoms with Crippen LogP contribution < -0.4 is 14.5 Å². The average Bonchev–Trinajstić information content (AvgIpc) is 2.79. The molecule has 1 fully saturated rings. The highest BCUT2D eigenvalue weighted by Gasteiger charge is 2.24. The Labute approximate surface area is 187 Å². The van der Waals surface area contributed by atoms with E-state index in [0.29, 0.717) is 37.4 Å². The summed E-state index contributed by atoms with van der Waals surface area (Å²) in [5.41, 5.74) is 1.45. The average molecular weight is 453 g/mol. The Morgan fingerprint density at radius 3 is 2.31 bits per heavy atom. The van der Waals surface area contributed by atoms with Gasteiger partial charge in [0.1, 0.15) is 5.82 Å². The zero-order valence-corrected chi connectivity index (χ0v) is 18.4. The van der Waals surface area contributed by atoms with Gasteiger partial charge in [-0.05, 0) is 48.9 Å². The minimum atomic E-state index is -3.83. The second-order valence-electron chi connectivity index (χ2n) is 7.57. The maximum atomic E-state index is 12.8. The molecule has 0 aliphatic carbocycles. The van der Waals surface area contributed by atoms with E-state index in [-0.39, 0.29) is 16.1 Å². The molecule has 1 saturated heterocycles. The Morgan fingerprint density at radius 1 is 0.969 bits per heavy atom. The Hall–Kier alpha value is -3.59. The van der Waals surface area contributed by atoms with E-state index in [1.165, 1.54) is 12.1 Å². The molecule has 0 saturated carbocycles. The van der Waals surface area contributed by atoms with Crippen LogP contribution in [0.4, 0.5) is 17.2 Å². The van der Waals surface area contributed by atoms with Gasteiger partial charge in [0.05, 0.1) is 16.1 Å². The van der Waals surface area contributed by atoms with Gasteiger partial charge < -0.3 is 14.9 Å². The SMILES string of the molecule is Cc1ccccc1S(=O)(=O)Nc1ccc(N2CCN(c3ccccn3)CC2)c(C(=O)O)c1. The van der Waals surface area contributed by atoms with E-state index in [1.54, 1.807) is 43.5 Å². The highest BCUT2D eigenvalue weighted by molar-refractivity contribution is 7.92. The fourth-order valence-electron chi connectivity index (χ4n) is 3.83. The van der Waals surface area contributed by atoms with Crippen LogP contribution in [0.5, 0.6) is 0 Å². The lowest BCUT2D eigenvalue weighted by Crippen LogP contribution is -2.47. The molecule has 1 aromatic heterocycles. The van der Waals surface area contributed by atoms with Gasteiger partial charge in [-0.3, -0.25) is 4.72 Å². The number of nitrogens with zero attached hydrogens (tertiary/aromatic N) is 3. The Balaban J connectivity index is 1.54. The van der Waals surface area contributed by atoms with Gasteiger partial charge in [-0.1, -0.05) is 24.3 Å². The van der Waals surface area contributed by atoms with Gasteiger partial charge in [-0.15, -0.1) is 0 Å². The number of aromatic carboxylic acids is 1. The van der Waals surface area contributed by atoms with Gasteiger partial charge in [0.2, 0.25) is 0 Å². The van der Waals surface area contributed by atoms with Crippen molar-refractivity contribution in [2.24, 2.45) is 0 Å². The molecule has 2 aromatic carbocycles. The van der Waals surface area contributed by atoms with E-state index < -0.39 is 16.0 Å². The molecule has 2 N–H and O–H groups in total. The van der Waals surface area contributed by atoms with Crippen LogP contribution in [0.15, 0.2) is 71.8 Å². The molecule has 0 unspecified atom stereocenters. The van der Waals surface area contributed by atoms with Crippen molar-refractivity contribution in [1.82, 2.24) is 4.98 Å². The molecular formula is C23H24N4O4S. The molecule has 9 heteroatoms. The lowest BCUT2D eigenvalue weighted by atomic mass is 10.1. The number of benzene rings is 2. The number of carbonyl (C=O) groups is 1. The fourth-order valence-corrected chi connectivity index (χ4v) is 5.13. The summed E-state index contributed by atoms with van der Waals surface area (Å²) in [6.45, 7) is 4.39. The van der Waals surface area contributed by atoms with E-state index >= 15 is 0 Å². The van der Waals surface area contributed by atoms with E-state index in [4.69, 9.17) is 0 Å². The Morgan fingerprint density at radius 2 is 1.66 bits per heavy atom. The van der Waals surface area contributed by atoms with Crippen LogP contribution in [0.25, 0.3) is 0 Å². The molecule has 1 aliphatic heterocycles. The standard InChI is InChI=1S/C23H24N4O4S/c1-17-6-2-3-7-21(17)32(30,31)25-18-9-10-20(19(16-18)23(28)29)26-12-14-27(15-13-26)22-8-4-5-11-24-22/h2-11,16,25H,12-15H2,1H3,(H,28,29). The summed E-state index contributed by atoms with van der Waals surface area (Å²) in [5.74, 6) is -0.212. The molecule has 2 heterocycles. The molecule has 32 heavy (non-hydrogen) atoms. The molecule has 0 bridgehead atoms. The molecule has 0 spiro atoms. The smallest absolute Gasteiger partial charge is 0.337 e. The zero-order valence-electron chi connectivity index (χ0n) is 17.6. The number of aromatic nitrogens is 1. The number of aryl methyl sites for hydroxylation is 1. The monoisotopic (exact) mass is 452 g/mol. The number of sulfonamides is 1. The maximum absolute atomic E-state index is 12.8. The number of carboxylic acids is 1. The minimum absolute atomic E-state index is 0.0567. The van der Waals surface area contributed by atoms with Crippen molar-refractivity contribution in [3.05, 3.63) is 78.0 Å². The van der Waals surface area contributed by atoms with Gasteiger partial charge in [0.15, 0.2) is 0 Å². The minimum Gasteiger partial charge on any atom is -0.478 e. The number of hydrogen-bond donors (Lipinski definition) is 2. The van der Waals surface area contributed by atoms with Crippen LogP contribution >= 0.6 is 0 Å². The van der Waals surface area contributed by atoms with Crippen LogP contribution in [0.2, 0.25) is 0 Å². The van der Waals surface area contributed by atoms with Gasteiger partial charge in [0, 0.05) is 38.1 Å². The normalized spacial score (nSPS) is 14.3. The summed E-state index contributed by atoms with van der Waals surface area (Å²) in [7, 11) is -3.83. The van der Waals surface area contributed by atoms with E-state index in [9.17, 15) is 18.3 Å². The van der Waals surface area contributed by atoms with Crippen LogP contribution in [-0.2, 0) is 10.0 Å². The van der Waals surface area contributed by atoms with Crippen LogP contribution in [0.1, 0.15) is 15.9 Å². The van der Waals surface area contributed by atoms with Crippen molar-refractivity contribution in [3.63, 3.8) is 0 Å². The lowest BCUT2D eigenvalue weighted by molar-refractivity contribution is 0.0697. The van der Waals surface area contributed by atoms with Gasteiger partial charge >= 0.3 is 5.97 Å². The third-order valence-corrected chi connectivity index (χ3v) is 7.00. The number of nitrogens with one attached hydrogen (secondary N) is 1. The Kier molecular flexibility index (Phi) is 6.00. The van der Waals surface area contributed by atoms with E-state index in [2.05, 4.69) is 14.6 Å². The summed E-state index contributed by atoms with van der Waals surface area (Å²) in [4.78, 5) is 20.7. The molecule has 0 atom stereocenters. The molecule has 3 aromatic rings. The first kappa shape index (κ1) is 21.6. The predicted octanol–water partition coefficient (Wildman–Crippen LogP) is 3.22. The van der Waals surface area contributed by atoms with Crippen molar-refractivity contribution < 1.29 is 18.3 Å². The maximum Gasteiger partial charge on any atom is 0.337 e. The molecular weight excluding hydrogens is 428 g/mol. The first-order chi connectivity index (χ1) is 15.3. The van der Waals surface area contributed by atoms with Crippen LogP contribution in [-0.4, -0.2) is 50.7 Å².